The third kappa shape index (κ3) is 4.75. The molecule has 0 aromatic heterocycles. The second kappa shape index (κ2) is 6.77. The molecule has 0 aliphatic rings. The van der Waals surface area contributed by atoms with Crippen molar-refractivity contribution in [3.8, 4) is 0 Å². The third-order valence-electron chi connectivity index (χ3n) is 2.40. The van der Waals surface area contributed by atoms with Crippen LogP contribution in [-0.4, -0.2) is 27.8 Å². The molecule has 4 nitrogen and oxygen atoms in total. The molecule has 0 fully saturated rings. The van der Waals surface area contributed by atoms with Crippen molar-refractivity contribution < 1.29 is 14.5 Å². The summed E-state index contributed by atoms with van der Waals surface area (Å²) in [5.41, 5.74) is -0.0915. The zero-order chi connectivity index (χ0) is 12.1. The first-order valence-corrected chi connectivity index (χ1v) is 6.61. The Balaban J connectivity index is 4.51. The van der Waals surface area contributed by atoms with Crippen LogP contribution in [0.4, 0.5) is 0 Å². The maximum Gasteiger partial charge on any atom is 0.290 e. The molecule has 0 rings (SSSR count). The largest absolute Gasteiger partial charge is 0.336 e. The maximum atomic E-state index is 9.92. The molecule has 0 saturated heterocycles. The summed E-state index contributed by atoms with van der Waals surface area (Å²) in [6.07, 6.45) is 0.945. The first-order chi connectivity index (χ1) is 6.86. The lowest BCUT2D eigenvalue weighted by atomic mass is 10.0. The topological polar surface area (TPSA) is 41.9 Å². The van der Waals surface area contributed by atoms with Crippen LogP contribution in [0.1, 0.15) is 48.0 Å². The van der Waals surface area contributed by atoms with Crippen molar-refractivity contribution >= 4 is 8.53 Å². The van der Waals surface area contributed by atoms with Crippen molar-refractivity contribution in [1.82, 2.24) is 4.67 Å². The highest BCUT2D eigenvalue weighted by Crippen LogP contribution is 2.45. The predicted octanol–water partition coefficient (Wildman–Crippen LogP) is 3.07. The summed E-state index contributed by atoms with van der Waals surface area (Å²) in [6.45, 7) is 12.6. The summed E-state index contributed by atoms with van der Waals surface area (Å²) >= 11 is 0. The van der Waals surface area contributed by atoms with Crippen LogP contribution in [0.2, 0.25) is 0 Å². The molecule has 0 aromatic carbocycles. The van der Waals surface area contributed by atoms with Gasteiger partial charge in [0.25, 0.3) is 8.53 Å². The molecule has 0 aromatic rings. The van der Waals surface area contributed by atoms with E-state index in [9.17, 15) is 4.89 Å². The zero-order valence-corrected chi connectivity index (χ0v) is 11.5. The van der Waals surface area contributed by atoms with Crippen LogP contribution in [-0.2, 0) is 9.56 Å². The minimum absolute atomic E-state index is 0.0915. The Hall–Kier alpha value is 0.270. The van der Waals surface area contributed by atoms with Crippen molar-refractivity contribution in [3.05, 3.63) is 0 Å². The quantitative estimate of drug-likeness (QED) is 0.420. The lowest BCUT2D eigenvalue weighted by molar-refractivity contribution is -0.208. The zero-order valence-electron chi connectivity index (χ0n) is 10.6. The van der Waals surface area contributed by atoms with Crippen molar-refractivity contribution in [2.45, 2.75) is 59.5 Å². The van der Waals surface area contributed by atoms with E-state index in [2.05, 4.69) is 20.8 Å². The molecule has 0 heterocycles. The van der Waals surface area contributed by atoms with Gasteiger partial charge in [-0.1, -0.05) is 6.92 Å². The van der Waals surface area contributed by atoms with Gasteiger partial charge in [-0.25, -0.2) is 9.56 Å². The van der Waals surface area contributed by atoms with Crippen molar-refractivity contribution in [2.75, 3.05) is 6.61 Å². The van der Waals surface area contributed by atoms with Crippen LogP contribution in [0.25, 0.3) is 0 Å². The summed E-state index contributed by atoms with van der Waals surface area (Å²) in [5.74, 6) is 0. The van der Waals surface area contributed by atoms with Crippen LogP contribution in [0.15, 0.2) is 0 Å². The molecule has 0 aliphatic heterocycles. The Labute approximate surface area is 94.5 Å². The van der Waals surface area contributed by atoms with Gasteiger partial charge in [0.05, 0.1) is 6.61 Å². The number of hydrogen-bond donors (Lipinski definition) is 1. The summed E-state index contributed by atoms with van der Waals surface area (Å²) in [5, 5.41) is 0. The predicted molar refractivity (Wildman–Crippen MR) is 63.2 cm³/mol. The van der Waals surface area contributed by atoms with Crippen LogP contribution >= 0.6 is 8.53 Å². The van der Waals surface area contributed by atoms with E-state index in [1.54, 1.807) is 0 Å². The molecule has 92 valence electrons. The van der Waals surface area contributed by atoms with Crippen molar-refractivity contribution in [2.24, 2.45) is 0 Å². The molecule has 0 radical (unpaired) electrons. The number of hydrogen-bond acceptors (Lipinski definition) is 4. The van der Waals surface area contributed by atoms with Gasteiger partial charge in [0, 0.05) is 11.6 Å². The van der Waals surface area contributed by atoms with Gasteiger partial charge in [0.15, 0.2) is 0 Å². The molecule has 0 aliphatic carbocycles. The first kappa shape index (κ1) is 15.3. The summed E-state index contributed by atoms with van der Waals surface area (Å²) in [7, 11) is -1.67. The lowest BCUT2D eigenvalue weighted by Gasteiger charge is -2.41. The fourth-order valence-corrected chi connectivity index (χ4v) is 2.70. The van der Waals surface area contributed by atoms with Gasteiger partial charge in [0.2, 0.25) is 0 Å². The van der Waals surface area contributed by atoms with E-state index in [0.717, 1.165) is 6.42 Å². The molecule has 1 unspecified atom stereocenters. The minimum Gasteiger partial charge on any atom is -0.336 e. The van der Waals surface area contributed by atoms with Gasteiger partial charge in [0.1, 0.15) is 0 Å². The average molecular weight is 237 g/mol. The maximum absolute atomic E-state index is 9.92. The highest BCUT2D eigenvalue weighted by Gasteiger charge is 2.34. The fraction of sp³-hybridized carbons (Fsp3) is 1.00. The van der Waals surface area contributed by atoms with Gasteiger partial charge in [-0.3, -0.25) is 0 Å². The lowest BCUT2D eigenvalue weighted by Crippen LogP contribution is -2.44. The molecule has 0 saturated carbocycles. The van der Waals surface area contributed by atoms with E-state index < -0.39 is 8.53 Å². The van der Waals surface area contributed by atoms with E-state index >= 15 is 0 Å². The third-order valence-corrected chi connectivity index (χ3v) is 4.01. The molecule has 15 heavy (non-hydrogen) atoms. The van der Waals surface area contributed by atoms with E-state index in [0.29, 0.717) is 6.61 Å². The van der Waals surface area contributed by atoms with E-state index in [-0.39, 0.29) is 11.6 Å². The molecular formula is C10H24NO3P. The van der Waals surface area contributed by atoms with E-state index in [1.807, 2.05) is 25.4 Å². The van der Waals surface area contributed by atoms with Gasteiger partial charge in [-0.05, 0) is 41.0 Å². The average Bonchev–Trinajstić information content (AvgIpc) is 2.13. The van der Waals surface area contributed by atoms with Gasteiger partial charge in [-0.15, -0.1) is 0 Å². The van der Waals surface area contributed by atoms with Crippen LogP contribution in [0.5, 0.6) is 0 Å². The van der Waals surface area contributed by atoms with Gasteiger partial charge in [-0.2, -0.15) is 4.67 Å². The first-order valence-electron chi connectivity index (χ1n) is 5.44. The second-order valence-electron chi connectivity index (χ2n) is 4.34. The molecule has 1 N–H and O–H groups in total. The van der Waals surface area contributed by atoms with Crippen molar-refractivity contribution in [1.29, 1.82) is 0 Å². The molecule has 0 bridgehead atoms. The minimum atomic E-state index is -1.67. The van der Waals surface area contributed by atoms with Crippen molar-refractivity contribution in [3.63, 3.8) is 0 Å². The van der Waals surface area contributed by atoms with E-state index in [4.69, 9.17) is 9.56 Å². The Morgan fingerprint density at radius 1 is 1.33 bits per heavy atom. The highest BCUT2D eigenvalue weighted by atomic mass is 31.2. The van der Waals surface area contributed by atoms with Crippen LogP contribution < -0.4 is 0 Å². The molecule has 0 amide bonds. The van der Waals surface area contributed by atoms with Crippen LogP contribution in [0.3, 0.4) is 0 Å². The summed E-state index contributed by atoms with van der Waals surface area (Å²) in [4.78, 5) is 14.7. The highest BCUT2D eigenvalue weighted by molar-refractivity contribution is 7.43. The molecule has 1 atom stereocenters. The Morgan fingerprint density at radius 2 is 1.87 bits per heavy atom. The Morgan fingerprint density at radius 3 is 2.20 bits per heavy atom. The van der Waals surface area contributed by atoms with Crippen LogP contribution in [0, 0.1) is 0 Å². The number of rotatable bonds is 7. The smallest absolute Gasteiger partial charge is 0.290 e. The Kier molecular flexibility index (Phi) is 6.89. The van der Waals surface area contributed by atoms with Gasteiger partial charge < -0.3 is 4.89 Å². The molecule has 5 heteroatoms. The normalized spacial score (nSPS) is 15.0. The standard InChI is InChI=1S/C10H24NO3P/c1-7-10(5,6)11(9(3)4)15(12)14-13-8-2/h9,12H,7-8H2,1-6H3. The number of nitrogens with zero attached hydrogens (tertiary/aromatic N) is 1. The van der Waals surface area contributed by atoms with E-state index in [1.165, 1.54) is 0 Å². The molecule has 0 spiro atoms. The summed E-state index contributed by atoms with van der Waals surface area (Å²) < 4.78 is 6.91. The monoisotopic (exact) mass is 237 g/mol. The Bertz CT molecular complexity index is 176. The molecular weight excluding hydrogens is 213 g/mol. The SMILES string of the molecule is CCOOP(O)N(C(C)C)C(C)(C)CC. The van der Waals surface area contributed by atoms with Gasteiger partial charge >= 0.3 is 0 Å². The summed E-state index contributed by atoms with van der Waals surface area (Å²) in [6, 6.07) is 0.219. The second-order valence-corrected chi connectivity index (χ2v) is 5.42. The fourth-order valence-electron chi connectivity index (χ4n) is 1.43.